The molecule has 1 aliphatic rings. The van der Waals surface area contributed by atoms with Gasteiger partial charge in [0.1, 0.15) is 0 Å². The molecule has 2 N–H and O–H groups in total. The monoisotopic (exact) mass is 287 g/mol. The van der Waals surface area contributed by atoms with Crippen LogP contribution < -0.4 is 5.73 Å². The molecule has 6 heteroatoms. The summed E-state index contributed by atoms with van der Waals surface area (Å²) < 4.78 is 1.68. The van der Waals surface area contributed by atoms with E-state index >= 15 is 0 Å². The number of carbonyl (C=O) groups excluding carboxylic acids is 1. The molecule has 0 spiro atoms. The standard InChI is InChI=1S/C15H21N5O/c16-6-8-19(12-4-2-1-3-5-12)15(21)13-10-18-20-9-7-17-11-14(13)20/h7,9-12H,1-6,8,16H2. The van der Waals surface area contributed by atoms with Crippen LogP contribution in [0.1, 0.15) is 42.5 Å². The molecule has 2 aromatic heterocycles. The molecule has 2 aromatic rings. The third-order valence-electron chi connectivity index (χ3n) is 4.20. The fraction of sp³-hybridized carbons (Fsp3) is 0.533. The minimum absolute atomic E-state index is 0.0235. The van der Waals surface area contributed by atoms with E-state index in [2.05, 4.69) is 10.1 Å². The number of rotatable bonds is 4. The van der Waals surface area contributed by atoms with Crippen LogP contribution in [0.4, 0.5) is 0 Å². The van der Waals surface area contributed by atoms with Crippen LogP contribution in [-0.4, -0.2) is 44.5 Å². The van der Waals surface area contributed by atoms with E-state index in [-0.39, 0.29) is 5.91 Å². The molecule has 112 valence electrons. The summed E-state index contributed by atoms with van der Waals surface area (Å²) in [5.41, 5.74) is 7.08. The second-order valence-corrected chi connectivity index (χ2v) is 5.54. The third-order valence-corrected chi connectivity index (χ3v) is 4.20. The Bertz CT molecular complexity index is 617. The minimum Gasteiger partial charge on any atom is -0.334 e. The van der Waals surface area contributed by atoms with Crippen molar-refractivity contribution in [1.82, 2.24) is 19.5 Å². The molecule has 6 nitrogen and oxygen atoms in total. The molecule has 21 heavy (non-hydrogen) atoms. The van der Waals surface area contributed by atoms with Crippen molar-refractivity contribution in [3.05, 3.63) is 30.4 Å². The summed E-state index contributed by atoms with van der Waals surface area (Å²) in [5, 5.41) is 4.23. The van der Waals surface area contributed by atoms with E-state index in [0.29, 0.717) is 24.7 Å². The number of fused-ring (bicyclic) bond motifs is 1. The first-order valence-electron chi connectivity index (χ1n) is 7.59. The summed E-state index contributed by atoms with van der Waals surface area (Å²) in [6.07, 6.45) is 12.5. The maximum Gasteiger partial charge on any atom is 0.258 e. The van der Waals surface area contributed by atoms with Crippen molar-refractivity contribution < 1.29 is 4.79 Å². The van der Waals surface area contributed by atoms with Gasteiger partial charge in [0, 0.05) is 31.5 Å². The average Bonchev–Trinajstić information content (AvgIpc) is 2.97. The zero-order valence-electron chi connectivity index (χ0n) is 12.1. The van der Waals surface area contributed by atoms with Crippen molar-refractivity contribution in [3.8, 4) is 0 Å². The second-order valence-electron chi connectivity index (χ2n) is 5.54. The molecule has 0 aliphatic heterocycles. The number of amides is 1. The maximum atomic E-state index is 12.9. The molecule has 0 atom stereocenters. The number of hydrogen-bond acceptors (Lipinski definition) is 4. The highest BCUT2D eigenvalue weighted by Crippen LogP contribution is 2.24. The lowest BCUT2D eigenvalue weighted by molar-refractivity contribution is 0.0643. The Kier molecular flexibility index (Phi) is 4.15. The molecule has 1 amide bonds. The molecule has 0 radical (unpaired) electrons. The second kappa shape index (κ2) is 6.22. The van der Waals surface area contributed by atoms with Crippen LogP contribution in [0.15, 0.2) is 24.8 Å². The molecule has 0 saturated heterocycles. The summed E-state index contributed by atoms with van der Waals surface area (Å²) in [5.74, 6) is 0.0235. The smallest absolute Gasteiger partial charge is 0.258 e. The van der Waals surface area contributed by atoms with Crippen LogP contribution in [0.5, 0.6) is 0 Å². The van der Waals surface area contributed by atoms with E-state index in [1.165, 1.54) is 19.3 Å². The van der Waals surface area contributed by atoms with Gasteiger partial charge < -0.3 is 10.6 Å². The zero-order valence-corrected chi connectivity index (χ0v) is 12.1. The van der Waals surface area contributed by atoms with Crippen LogP contribution in [0.2, 0.25) is 0 Å². The Morgan fingerprint density at radius 1 is 1.33 bits per heavy atom. The molecule has 0 unspecified atom stereocenters. The summed E-state index contributed by atoms with van der Waals surface area (Å²) >= 11 is 0. The Balaban J connectivity index is 1.89. The molecule has 1 saturated carbocycles. The number of nitrogens with two attached hydrogens (primary N) is 1. The largest absolute Gasteiger partial charge is 0.334 e. The van der Waals surface area contributed by atoms with Crippen LogP contribution in [0, 0.1) is 0 Å². The van der Waals surface area contributed by atoms with Crippen LogP contribution in [0.25, 0.3) is 5.52 Å². The molecule has 2 heterocycles. The highest BCUT2D eigenvalue weighted by atomic mass is 16.2. The maximum absolute atomic E-state index is 12.9. The van der Waals surface area contributed by atoms with E-state index in [1.54, 1.807) is 29.3 Å². The van der Waals surface area contributed by atoms with Crippen LogP contribution >= 0.6 is 0 Å². The van der Waals surface area contributed by atoms with E-state index in [0.717, 1.165) is 18.4 Å². The SMILES string of the molecule is NCCN(C(=O)c1cnn2ccncc12)C1CCCCC1. The average molecular weight is 287 g/mol. The summed E-state index contributed by atoms with van der Waals surface area (Å²) in [6.45, 7) is 1.08. The van der Waals surface area contributed by atoms with Gasteiger partial charge in [-0.15, -0.1) is 0 Å². The topological polar surface area (TPSA) is 76.5 Å². The highest BCUT2D eigenvalue weighted by Gasteiger charge is 2.27. The van der Waals surface area contributed by atoms with Crippen molar-refractivity contribution in [1.29, 1.82) is 0 Å². The minimum atomic E-state index is 0.0235. The van der Waals surface area contributed by atoms with E-state index in [4.69, 9.17) is 5.73 Å². The van der Waals surface area contributed by atoms with Gasteiger partial charge in [0.15, 0.2) is 0 Å². The fourth-order valence-corrected chi connectivity index (χ4v) is 3.14. The van der Waals surface area contributed by atoms with E-state index in [9.17, 15) is 4.79 Å². The molecule has 3 rings (SSSR count). The summed E-state index contributed by atoms with van der Waals surface area (Å²) in [7, 11) is 0. The van der Waals surface area contributed by atoms with Crippen molar-refractivity contribution in [2.45, 2.75) is 38.1 Å². The van der Waals surface area contributed by atoms with Crippen molar-refractivity contribution in [2.75, 3.05) is 13.1 Å². The number of carbonyl (C=O) groups is 1. The number of nitrogens with zero attached hydrogens (tertiary/aromatic N) is 4. The van der Waals surface area contributed by atoms with Gasteiger partial charge >= 0.3 is 0 Å². The van der Waals surface area contributed by atoms with Crippen molar-refractivity contribution in [2.24, 2.45) is 5.73 Å². The van der Waals surface area contributed by atoms with Gasteiger partial charge in [0.25, 0.3) is 5.91 Å². The molecule has 1 aliphatic carbocycles. The first kappa shape index (κ1) is 14.0. The first-order chi connectivity index (χ1) is 10.3. The predicted molar refractivity (Wildman–Crippen MR) is 80.0 cm³/mol. The quantitative estimate of drug-likeness (QED) is 0.923. The zero-order chi connectivity index (χ0) is 14.7. The lowest BCUT2D eigenvalue weighted by atomic mass is 9.93. The van der Waals surface area contributed by atoms with Crippen LogP contribution in [-0.2, 0) is 0 Å². The third kappa shape index (κ3) is 2.76. The van der Waals surface area contributed by atoms with Gasteiger partial charge in [-0.05, 0) is 12.8 Å². The Morgan fingerprint density at radius 2 is 2.14 bits per heavy atom. The van der Waals surface area contributed by atoms with E-state index in [1.807, 2.05) is 4.90 Å². The molecule has 1 fully saturated rings. The Morgan fingerprint density at radius 3 is 2.90 bits per heavy atom. The number of aromatic nitrogens is 3. The first-order valence-corrected chi connectivity index (χ1v) is 7.59. The van der Waals surface area contributed by atoms with Gasteiger partial charge in [-0.3, -0.25) is 9.78 Å². The van der Waals surface area contributed by atoms with Gasteiger partial charge in [0.2, 0.25) is 0 Å². The molecule has 0 aromatic carbocycles. The lowest BCUT2D eigenvalue weighted by Crippen LogP contribution is -2.44. The molecular formula is C15H21N5O. The fourth-order valence-electron chi connectivity index (χ4n) is 3.14. The van der Waals surface area contributed by atoms with Gasteiger partial charge in [-0.2, -0.15) is 5.10 Å². The molecule has 0 bridgehead atoms. The van der Waals surface area contributed by atoms with Crippen molar-refractivity contribution in [3.63, 3.8) is 0 Å². The number of hydrogen-bond donors (Lipinski definition) is 1. The lowest BCUT2D eigenvalue weighted by Gasteiger charge is -2.34. The van der Waals surface area contributed by atoms with Crippen LogP contribution in [0.3, 0.4) is 0 Å². The van der Waals surface area contributed by atoms with Gasteiger partial charge in [0.05, 0.1) is 23.5 Å². The predicted octanol–water partition coefficient (Wildman–Crippen LogP) is 1.46. The molecular weight excluding hydrogens is 266 g/mol. The van der Waals surface area contributed by atoms with Gasteiger partial charge in [-0.25, -0.2) is 4.52 Å². The van der Waals surface area contributed by atoms with Crippen molar-refractivity contribution >= 4 is 11.4 Å². The normalized spacial score (nSPS) is 16.2. The summed E-state index contributed by atoms with van der Waals surface area (Å²) in [6, 6.07) is 0.307. The Labute approximate surface area is 123 Å². The Hall–Kier alpha value is -1.95. The van der Waals surface area contributed by atoms with Gasteiger partial charge in [-0.1, -0.05) is 19.3 Å². The summed E-state index contributed by atoms with van der Waals surface area (Å²) in [4.78, 5) is 18.9. The highest BCUT2D eigenvalue weighted by molar-refractivity contribution is 6.00. The van der Waals surface area contributed by atoms with E-state index < -0.39 is 0 Å².